The largest absolute Gasteiger partial charge is 0.456 e. The number of hydrogen-bond donors (Lipinski definition) is 4. The van der Waals surface area contributed by atoms with Crippen molar-refractivity contribution in [1.29, 1.82) is 0 Å². The Morgan fingerprint density at radius 3 is 2.01 bits per heavy atom. The minimum absolute atomic E-state index is 0.0247. The third-order valence-corrected chi connectivity index (χ3v) is 14.7. The van der Waals surface area contributed by atoms with Gasteiger partial charge in [0.25, 0.3) is 5.91 Å². The molecule has 0 unspecified atom stereocenters. The fraction of sp³-hybridized carbons (Fsp3) is 0.481. The fourth-order valence-electron chi connectivity index (χ4n) is 10.8. The summed E-state index contributed by atoms with van der Waals surface area (Å²) in [6, 6.07) is 22.8. The summed E-state index contributed by atoms with van der Waals surface area (Å²) in [6.07, 6.45) is -11.3. The summed E-state index contributed by atoms with van der Waals surface area (Å²) in [4.78, 5) is 99.3. The second-order valence-corrected chi connectivity index (χ2v) is 19.4. The summed E-state index contributed by atoms with van der Waals surface area (Å²) in [7, 11) is 3.13. The van der Waals surface area contributed by atoms with Crippen LogP contribution in [0.25, 0.3) is 0 Å². The lowest BCUT2D eigenvalue weighted by molar-refractivity contribution is -0.346. The first-order chi connectivity index (χ1) is 32.6. The number of Topliss-reactive ketones (excluding diaryl/α,β-unsaturated/α-hetero) is 1. The van der Waals surface area contributed by atoms with Crippen LogP contribution in [0.1, 0.15) is 99.0 Å². The van der Waals surface area contributed by atoms with Gasteiger partial charge in [0.1, 0.15) is 23.9 Å². The number of aliphatic hydroxyl groups excluding tert-OH is 2. The lowest BCUT2D eigenvalue weighted by Gasteiger charge is -2.67. The number of nitrogens with one attached hydrogen (secondary N) is 1. The molecule has 11 atom stereocenters. The van der Waals surface area contributed by atoms with Crippen molar-refractivity contribution >= 4 is 41.5 Å². The monoisotopic (exact) mass is 952 g/mol. The van der Waals surface area contributed by atoms with Crippen LogP contribution < -0.4 is 5.32 Å². The van der Waals surface area contributed by atoms with E-state index in [2.05, 4.69) is 5.32 Å². The van der Waals surface area contributed by atoms with Gasteiger partial charge >= 0.3 is 23.9 Å². The van der Waals surface area contributed by atoms with Gasteiger partial charge in [0.05, 0.1) is 35.6 Å². The van der Waals surface area contributed by atoms with Crippen molar-refractivity contribution in [3.63, 3.8) is 0 Å². The molecule has 4 aliphatic rings. The van der Waals surface area contributed by atoms with E-state index in [0.717, 1.165) is 6.92 Å². The molecular formula is C52H60N2O15. The van der Waals surface area contributed by atoms with Crippen LogP contribution in [0.15, 0.2) is 102 Å². The van der Waals surface area contributed by atoms with E-state index in [1.165, 1.54) is 30.9 Å². The summed E-state index contributed by atoms with van der Waals surface area (Å²) in [6.45, 7) is 6.79. The predicted octanol–water partition coefficient (Wildman–Crippen LogP) is 3.97. The van der Waals surface area contributed by atoms with Gasteiger partial charge in [-0.1, -0.05) is 80.6 Å². The predicted molar refractivity (Wildman–Crippen MR) is 245 cm³/mol. The molecule has 7 rings (SSSR count). The van der Waals surface area contributed by atoms with E-state index in [1.807, 2.05) is 0 Å². The van der Waals surface area contributed by atoms with Crippen molar-refractivity contribution < 1.29 is 72.6 Å². The zero-order chi connectivity index (χ0) is 50.2. The number of nitrogens with zero attached hydrogens (tertiary/aromatic N) is 1. The molecule has 0 radical (unpaired) electrons. The van der Waals surface area contributed by atoms with Crippen molar-refractivity contribution in [3.8, 4) is 0 Å². The van der Waals surface area contributed by atoms with E-state index in [-0.39, 0.29) is 60.5 Å². The van der Waals surface area contributed by atoms with Crippen molar-refractivity contribution in [2.75, 3.05) is 20.7 Å². The molecule has 3 aliphatic carbocycles. The number of benzene rings is 3. The fourth-order valence-corrected chi connectivity index (χ4v) is 10.8. The Bertz CT molecular complexity index is 2500. The lowest BCUT2D eigenvalue weighted by atomic mass is 9.44. The first-order valence-corrected chi connectivity index (χ1v) is 23.0. The molecule has 2 bridgehead atoms. The highest BCUT2D eigenvalue weighted by atomic mass is 16.6. The summed E-state index contributed by atoms with van der Waals surface area (Å²) in [5.41, 5.74) is -7.44. The van der Waals surface area contributed by atoms with Gasteiger partial charge in [-0.15, -0.1) is 0 Å². The van der Waals surface area contributed by atoms with Crippen LogP contribution in [0, 0.1) is 16.7 Å². The Balaban J connectivity index is 1.39. The number of amides is 2. The first kappa shape index (κ1) is 50.6. The van der Waals surface area contributed by atoms with Gasteiger partial charge in [0.15, 0.2) is 23.6 Å². The van der Waals surface area contributed by atoms with Crippen LogP contribution in [0.4, 0.5) is 0 Å². The second kappa shape index (κ2) is 19.6. The van der Waals surface area contributed by atoms with Gasteiger partial charge in [0, 0.05) is 57.7 Å². The number of fused-ring (bicyclic) bond motifs is 5. The number of ketones is 1. The summed E-state index contributed by atoms with van der Waals surface area (Å²) < 4.78 is 30.8. The van der Waals surface area contributed by atoms with Crippen LogP contribution in [-0.4, -0.2) is 130 Å². The molecule has 17 heteroatoms. The van der Waals surface area contributed by atoms with E-state index < -0.39 is 113 Å². The highest BCUT2D eigenvalue weighted by Gasteiger charge is 2.78. The van der Waals surface area contributed by atoms with E-state index >= 15 is 4.79 Å². The number of carbonyl (C=O) groups is 7. The zero-order valence-electron chi connectivity index (χ0n) is 39.7. The summed E-state index contributed by atoms with van der Waals surface area (Å²) in [5.74, 6) is -7.32. The molecule has 0 spiro atoms. The van der Waals surface area contributed by atoms with E-state index in [9.17, 15) is 44.1 Å². The molecule has 1 saturated heterocycles. The molecular weight excluding hydrogens is 893 g/mol. The van der Waals surface area contributed by atoms with Gasteiger partial charge in [-0.3, -0.25) is 24.0 Å². The molecule has 69 heavy (non-hydrogen) atoms. The van der Waals surface area contributed by atoms with Crippen LogP contribution in [0.2, 0.25) is 0 Å². The summed E-state index contributed by atoms with van der Waals surface area (Å²) in [5, 5.41) is 40.8. The Kier molecular flexibility index (Phi) is 14.4. The maximum Gasteiger partial charge on any atom is 0.338 e. The Morgan fingerprint density at radius 2 is 1.45 bits per heavy atom. The SMILES string of the molecule is CC(=O)O[C@@]12CO[C@@H]1C[C@H](O)[C@@]1(C)C(=O)[C@H](OC(=O)CCCC(=O)N(C)C)C3=C(C)[C@@H](OC(=O)[C@H](O)[C@@H](NC(=O)c4ccccc4)c4ccccc4)C[C@@](O)([C@@H](OC(=O)c4ccccc4)[C@H]21)C3(C)C. The smallest absolute Gasteiger partial charge is 0.338 e. The highest BCUT2D eigenvalue weighted by molar-refractivity contribution is 5.96. The topological polar surface area (TPSA) is 242 Å². The van der Waals surface area contributed by atoms with Gasteiger partial charge < -0.3 is 49.2 Å². The van der Waals surface area contributed by atoms with Crippen molar-refractivity contribution in [3.05, 3.63) is 119 Å². The number of hydrogen-bond acceptors (Lipinski definition) is 15. The standard InChI is InChI=1S/C52H60N2O15/c1-29-34(66-48(63)41(59)40(31-18-11-8-12-19-31)53-46(61)32-20-13-9-14-21-32)27-52(64)45(68-47(62)33-22-15-10-16-23-33)43-50(5,35(56)26-36-51(43,28-65-36)69-30(2)55)44(60)42(39(29)49(52,3)4)67-38(58)25-17-24-37(57)54(6)7/h8-16,18-23,34-36,40-43,45,56,59,64H,17,24-28H2,1-7H3,(H,53,61)/t34-,35-,36+,40-,41+,42+,43-,45-,50+,51-,52+/m0/s1. The number of rotatable bonds is 14. The van der Waals surface area contributed by atoms with Crippen LogP contribution in [-0.2, 0) is 47.7 Å². The normalized spacial score (nSPS) is 29.7. The Morgan fingerprint density at radius 1 is 0.855 bits per heavy atom. The molecule has 2 saturated carbocycles. The van der Waals surface area contributed by atoms with Gasteiger partial charge in [-0.05, 0) is 61.2 Å². The third-order valence-electron chi connectivity index (χ3n) is 14.7. The first-order valence-electron chi connectivity index (χ1n) is 23.0. The average molecular weight is 953 g/mol. The number of esters is 4. The quantitative estimate of drug-likeness (QED) is 0.102. The van der Waals surface area contributed by atoms with Gasteiger partial charge in [-0.2, -0.15) is 0 Å². The lowest BCUT2D eigenvalue weighted by Crippen LogP contribution is -2.82. The third kappa shape index (κ3) is 9.20. The van der Waals surface area contributed by atoms with Gasteiger partial charge in [-0.25, -0.2) is 9.59 Å². The van der Waals surface area contributed by atoms with Crippen molar-refractivity contribution in [1.82, 2.24) is 10.2 Å². The highest BCUT2D eigenvalue weighted by Crippen LogP contribution is 2.64. The summed E-state index contributed by atoms with van der Waals surface area (Å²) >= 11 is 0. The molecule has 3 fully saturated rings. The molecule has 1 heterocycles. The number of aliphatic hydroxyl groups is 3. The van der Waals surface area contributed by atoms with Gasteiger partial charge in [0.2, 0.25) is 5.91 Å². The van der Waals surface area contributed by atoms with E-state index in [0.29, 0.717) is 5.56 Å². The zero-order valence-corrected chi connectivity index (χ0v) is 39.7. The molecule has 2 amide bonds. The molecule has 4 N–H and O–H groups in total. The van der Waals surface area contributed by atoms with E-state index in [4.69, 9.17) is 23.7 Å². The van der Waals surface area contributed by atoms with Crippen LogP contribution in [0.3, 0.4) is 0 Å². The molecule has 368 valence electrons. The Hall–Kier alpha value is -6.27. The van der Waals surface area contributed by atoms with Crippen molar-refractivity contribution in [2.45, 2.75) is 121 Å². The number of carbonyl (C=O) groups excluding carboxylic acids is 7. The Labute approximate surface area is 400 Å². The second-order valence-electron chi connectivity index (χ2n) is 19.4. The molecule has 17 nitrogen and oxygen atoms in total. The van der Waals surface area contributed by atoms with E-state index in [1.54, 1.807) is 107 Å². The molecule has 1 aliphatic heterocycles. The maximum absolute atomic E-state index is 15.9. The minimum Gasteiger partial charge on any atom is -0.456 e. The molecule has 3 aromatic carbocycles. The molecule has 3 aromatic rings. The average Bonchev–Trinajstić information content (AvgIpc) is 3.31. The maximum atomic E-state index is 15.9. The van der Waals surface area contributed by atoms with Crippen molar-refractivity contribution in [2.24, 2.45) is 16.7 Å². The minimum atomic E-state index is -2.46. The van der Waals surface area contributed by atoms with Crippen LogP contribution >= 0.6 is 0 Å². The molecule has 0 aromatic heterocycles. The van der Waals surface area contributed by atoms with Crippen LogP contribution in [0.5, 0.6) is 0 Å². The number of ether oxygens (including phenoxy) is 5.